The first-order valence-corrected chi connectivity index (χ1v) is 11.6. The lowest BCUT2D eigenvalue weighted by molar-refractivity contribution is -0.135. The van der Waals surface area contributed by atoms with Crippen molar-refractivity contribution in [2.24, 2.45) is 5.92 Å². The van der Waals surface area contributed by atoms with Gasteiger partial charge in [0.1, 0.15) is 12.4 Å². The van der Waals surface area contributed by atoms with E-state index in [2.05, 4.69) is 47.9 Å². The molecule has 178 valence electrons. The van der Waals surface area contributed by atoms with Gasteiger partial charge in [-0.2, -0.15) is 0 Å². The largest absolute Gasteiger partial charge is 0.480 e. The maximum absolute atomic E-state index is 14.0. The average Bonchev–Trinajstić information content (AvgIpc) is 2.85. The molecule has 4 rings (SSSR count). The maximum atomic E-state index is 14.0. The molecular weight excluding hydrogens is 433 g/mol. The lowest BCUT2D eigenvalue weighted by atomic mass is 9.80. The Bertz CT molecular complexity index is 1160. The number of nitrogens with one attached hydrogen (secondary N) is 2. The molecule has 0 aromatic heterocycles. The molecule has 6 nitrogen and oxygen atoms in total. The van der Waals surface area contributed by atoms with Crippen molar-refractivity contribution in [2.75, 3.05) is 26.2 Å². The molecule has 3 atom stereocenters. The number of likely N-dealkylation sites (tertiary alicyclic amines) is 1. The van der Waals surface area contributed by atoms with Crippen LogP contribution in [0.3, 0.4) is 0 Å². The summed E-state index contributed by atoms with van der Waals surface area (Å²) >= 11 is 0. The molecule has 0 bridgehead atoms. The number of urea groups is 1. The summed E-state index contributed by atoms with van der Waals surface area (Å²) in [6.07, 6.45) is 0.733. The minimum atomic E-state index is -1.09. The number of carbonyl (C=O) groups is 2. The summed E-state index contributed by atoms with van der Waals surface area (Å²) in [4.78, 5) is 24.9. The zero-order valence-electron chi connectivity index (χ0n) is 19.2. The van der Waals surface area contributed by atoms with Crippen LogP contribution in [0.4, 0.5) is 9.18 Å². The van der Waals surface area contributed by atoms with Gasteiger partial charge in [-0.3, -0.25) is 4.79 Å². The van der Waals surface area contributed by atoms with Gasteiger partial charge < -0.3 is 20.6 Å². The summed E-state index contributed by atoms with van der Waals surface area (Å²) in [5.74, 6) is -1.26. The van der Waals surface area contributed by atoms with E-state index in [-0.39, 0.29) is 23.7 Å². The molecule has 0 saturated carbocycles. The van der Waals surface area contributed by atoms with E-state index >= 15 is 0 Å². The number of carboxylic acid groups (broad SMARTS) is 1. The third-order valence-corrected chi connectivity index (χ3v) is 6.69. The molecule has 1 aliphatic heterocycles. The van der Waals surface area contributed by atoms with Crippen LogP contribution in [0, 0.1) is 11.7 Å². The zero-order chi connectivity index (χ0) is 24.1. The fourth-order valence-electron chi connectivity index (χ4n) is 4.87. The fraction of sp³-hybridized carbons (Fsp3) is 0.333. The van der Waals surface area contributed by atoms with Crippen LogP contribution in [0.2, 0.25) is 0 Å². The third kappa shape index (κ3) is 5.54. The molecule has 34 heavy (non-hydrogen) atoms. The van der Waals surface area contributed by atoms with Gasteiger partial charge in [0, 0.05) is 25.0 Å². The fourth-order valence-corrected chi connectivity index (χ4v) is 4.87. The minimum Gasteiger partial charge on any atom is -0.480 e. The Labute approximate surface area is 198 Å². The number of carboxylic acids is 1. The van der Waals surface area contributed by atoms with Crippen molar-refractivity contribution in [1.29, 1.82) is 0 Å². The highest BCUT2D eigenvalue weighted by Gasteiger charge is 2.33. The number of hydrogen-bond donors (Lipinski definition) is 3. The molecule has 0 radical (unpaired) electrons. The van der Waals surface area contributed by atoms with E-state index in [4.69, 9.17) is 5.11 Å². The van der Waals surface area contributed by atoms with E-state index in [9.17, 15) is 14.0 Å². The van der Waals surface area contributed by atoms with Crippen LogP contribution in [-0.4, -0.2) is 48.2 Å². The molecule has 0 aliphatic carbocycles. The Morgan fingerprint density at radius 2 is 1.88 bits per heavy atom. The number of amides is 2. The number of rotatable bonds is 7. The summed E-state index contributed by atoms with van der Waals surface area (Å²) in [5.41, 5.74) is 2.08. The van der Waals surface area contributed by atoms with Crippen molar-refractivity contribution in [3.05, 3.63) is 83.7 Å². The van der Waals surface area contributed by atoms with Crippen LogP contribution in [0.1, 0.15) is 36.4 Å². The van der Waals surface area contributed by atoms with E-state index < -0.39 is 18.5 Å². The van der Waals surface area contributed by atoms with Crippen LogP contribution >= 0.6 is 0 Å². The van der Waals surface area contributed by atoms with Gasteiger partial charge >= 0.3 is 12.0 Å². The Balaban J connectivity index is 1.49. The summed E-state index contributed by atoms with van der Waals surface area (Å²) < 4.78 is 14.0. The highest BCUT2D eigenvalue weighted by atomic mass is 19.1. The van der Waals surface area contributed by atoms with E-state index in [0.29, 0.717) is 13.1 Å². The first-order chi connectivity index (χ1) is 16.4. The van der Waals surface area contributed by atoms with Gasteiger partial charge in [-0.05, 0) is 59.8 Å². The first kappa shape index (κ1) is 23.7. The van der Waals surface area contributed by atoms with Crippen LogP contribution in [0.25, 0.3) is 10.8 Å². The quantitative estimate of drug-likeness (QED) is 0.481. The van der Waals surface area contributed by atoms with Gasteiger partial charge in [0.2, 0.25) is 0 Å². The molecule has 2 unspecified atom stereocenters. The van der Waals surface area contributed by atoms with Gasteiger partial charge in [0.05, 0.1) is 0 Å². The van der Waals surface area contributed by atoms with Crippen molar-refractivity contribution in [1.82, 2.24) is 15.5 Å². The SMILES string of the molecule is C[C@@H](NCC1CCN(C(=O)NCC(=O)O)CC1c1cccc(F)c1)c1cccc2ccccc12. The number of carbonyl (C=O) groups excluding carboxylic acids is 1. The van der Waals surface area contributed by atoms with E-state index in [1.165, 1.54) is 28.5 Å². The smallest absolute Gasteiger partial charge is 0.323 e. The molecule has 3 N–H and O–H groups in total. The number of fused-ring (bicyclic) bond motifs is 1. The standard InChI is InChI=1S/C27H30FN3O3/c1-18(23-11-5-7-19-6-2-3-10-24(19)23)29-15-21-12-13-31(27(34)30-16-26(32)33)17-25(21)20-8-4-9-22(28)14-20/h2-11,14,18,21,25,29H,12-13,15-17H2,1H3,(H,30,34)(H,32,33)/t18-,21?,25?/m1/s1. The normalized spacial score (nSPS) is 19.1. The number of hydrogen-bond acceptors (Lipinski definition) is 3. The van der Waals surface area contributed by atoms with Crippen LogP contribution in [0.15, 0.2) is 66.7 Å². The van der Waals surface area contributed by atoms with E-state index in [1.807, 2.05) is 18.2 Å². The molecule has 1 fully saturated rings. The zero-order valence-corrected chi connectivity index (χ0v) is 19.2. The topological polar surface area (TPSA) is 81.7 Å². The number of benzene rings is 3. The molecular formula is C27H30FN3O3. The predicted molar refractivity (Wildman–Crippen MR) is 130 cm³/mol. The summed E-state index contributed by atoms with van der Waals surface area (Å²) in [6, 6.07) is 20.9. The van der Waals surface area contributed by atoms with Crippen LogP contribution in [0.5, 0.6) is 0 Å². The number of aliphatic carboxylic acids is 1. The second kappa shape index (κ2) is 10.7. The van der Waals surface area contributed by atoms with Crippen LogP contribution in [-0.2, 0) is 4.79 Å². The number of halogens is 1. The molecule has 0 spiro atoms. The van der Waals surface area contributed by atoms with Crippen molar-refractivity contribution < 1.29 is 19.1 Å². The highest BCUT2D eigenvalue weighted by Crippen LogP contribution is 2.33. The predicted octanol–water partition coefficient (Wildman–Crippen LogP) is 4.53. The van der Waals surface area contributed by atoms with Crippen molar-refractivity contribution in [2.45, 2.75) is 25.3 Å². The Kier molecular flexibility index (Phi) is 7.43. The van der Waals surface area contributed by atoms with E-state index in [1.54, 1.807) is 11.0 Å². The molecule has 7 heteroatoms. The van der Waals surface area contributed by atoms with Crippen molar-refractivity contribution >= 4 is 22.8 Å². The van der Waals surface area contributed by atoms with E-state index in [0.717, 1.165) is 18.5 Å². The summed E-state index contributed by atoms with van der Waals surface area (Å²) in [6.45, 7) is 3.37. The maximum Gasteiger partial charge on any atom is 0.323 e. The van der Waals surface area contributed by atoms with Crippen LogP contribution < -0.4 is 10.6 Å². The number of nitrogens with zero attached hydrogens (tertiary/aromatic N) is 1. The van der Waals surface area contributed by atoms with Gasteiger partial charge in [-0.15, -0.1) is 0 Å². The second-order valence-corrected chi connectivity index (χ2v) is 8.91. The van der Waals surface area contributed by atoms with Gasteiger partial charge in [0.15, 0.2) is 0 Å². The molecule has 1 saturated heterocycles. The minimum absolute atomic E-state index is 0.0627. The summed E-state index contributed by atoms with van der Waals surface area (Å²) in [5, 5.41) is 17.4. The second-order valence-electron chi connectivity index (χ2n) is 8.91. The Morgan fingerprint density at radius 3 is 2.68 bits per heavy atom. The number of piperidine rings is 1. The molecule has 1 heterocycles. The van der Waals surface area contributed by atoms with Crippen molar-refractivity contribution in [3.8, 4) is 0 Å². The van der Waals surface area contributed by atoms with Crippen molar-refractivity contribution in [3.63, 3.8) is 0 Å². The van der Waals surface area contributed by atoms with Gasteiger partial charge in [0.25, 0.3) is 0 Å². The summed E-state index contributed by atoms with van der Waals surface area (Å²) in [7, 11) is 0. The monoisotopic (exact) mass is 463 g/mol. The lowest BCUT2D eigenvalue weighted by Crippen LogP contribution is -2.49. The Hall–Kier alpha value is -3.45. The lowest BCUT2D eigenvalue weighted by Gasteiger charge is -2.39. The molecule has 3 aromatic rings. The van der Waals surface area contributed by atoms with Gasteiger partial charge in [-0.1, -0.05) is 54.6 Å². The highest BCUT2D eigenvalue weighted by molar-refractivity contribution is 5.86. The molecule has 3 aromatic carbocycles. The molecule has 1 aliphatic rings. The first-order valence-electron chi connectivity index (χ1n) is 11.6. The average molecular weight is 464 g/mol. The van der Waals surface area contributed by atoms with Gasteiger partial charge in [-0.25, -0.2) is 9.18 Å². The molecule has 2 amide bonds. The third-order valence-electron chi connectivity index (χ3n) is 6.69. The Morgan fingerprint density at radius 1 is 1.12 bits per heavy atom.